The van der Waals surface area contributed by atoms with Gasteiger partial charge in [0.15, 0.2) is 5.17 Å². The summed E-state index contributed by atoms with van der Waals surface area (Å²) in [5.74, 6) is 1.43. The van der Waals surface area contributed by atoms with Gasteiger partial charge in [0.2, 0.25) is 0 Å². The lowest BCUT2D eigenvalue weighted by molar-refractivity contribution is -0.113. The number of thioether (sulfide) groups is 1. The summed E-state index contributed by atoms with van der Waals surface area (Å²) in [5.41, 5.74) is 1.34. The van der Waals surface area contributed by atoms with Crippen molar-refractivity contribution in [2.75, 3.05) is 19.7 Å². The van der Waals surface area contributed by atoms with Crippen LogP contribution >= 0.6 is 11.8 Å². The number of rotatable bonds is 4. The highest BCUT2D eigenvalue weighted by Gasteiger charge is 2.28. The molecule has 2 aliphatic rings. The lowest BCUT2D eigenvalue weighted by Gasteiger charge is -2.30. The van der Waals surface area contributed by atoms with Gasteiger partial charge in [-0.15, -0.1) is 0 Å². The number of benzene rings is 1. The standard InChI is InChI=1S/C23H24N2O4S/c1-3-28-22(27)17-6-4-16(5-7-17)19-9-8-18(29-19)14-20-21(26)24-23(30-20)25-12-10-15(2)11-13-25/h4-9,14-15H,3,10-13H2,1-2H3/b20-14-. The number of esters is 1. The largest absolute Gasteiger partial charge is 0.462 e. The van der Waals surface area contributed by atoms with E-state index in [1.54, 1.807) is 25.1 Å². The second-order valence-corrected chi connectivity index (χ2v) is 8.49. The fourth-order valence-electron chi connectivity index (χ4n) is 3.43. The molecule has 0 unspecified atom stereocenters. The molecule has 0 atom stereocenters. The van der Waals surface area contributed by atoms with E-state index >= 15 is 0 Å². The Labute approximate surface area is 180 Å². The molecule has 7 heteroatoms. The van der Waals surface area contributed by atoms with Gasteiger partial charge in [-0.05, 0) is 61.7 Å². The predicted molar refractivity (Wildman–Crippen MR) is 118 cm³/mol. The SMILES string of the molecule is CCOC(=O)c1ccc(-c2ccc(/C=C3\SC(N4CCC(C)CC4)=NC3=O)o2)cc1. The summed E-state index contributed by atoms with van der Waals surface area (Å²) in [4.78, 5) is 31.1. The molecular formula is C23H24N2O4S. The number of hydrogen-bond donors (Lipinski definition) is 0. The number of ether oxygens (including phenoxy) is 1. The molecule has 1 aromatic carbocycles. The molecular weight excluding hydrogens is 400 g/mol. The van der Waals surface area contributed by atoms with E-state index in [9.17, 15) is 9.59 Å². The third-order valence-corrected chi connectivity index (χ3v) is 6.29. The fourth-order valence-corrected chi connectivity index (χ4v) is 4.38. The highest BCUT2D eigenvalue weighted by atomic mass is 32.2. The molecule has 156 valence electrons. The third kappa shape index (κ3) is 4.51. The first-order valence-electron chi connectivity index (χ1n) is 10.2. The first-order chi connectivity index (χ1) is 14.5. The molecule has 1 amide bonds. The minimum atomic E-state index is -0.343. The minimum absolute atomic E-state index is 0.217. The van der Waals surface area contributed by atoms with Crippen LogP contribution in [0.3, 0.4) is 0 Å². The number of amidine groups is 1. The molecule has 1 saturated heterocycles. The summed E-state index contributed by atoms with van der Waals surface area (Å²) in [6, 6.07) is 10.7. The summed E-state index contributed by atoms with van der Waals surface area (Å²) >= 11 is 1.41. The monoisotopic (exact) mass is 424 g/mol. The van der Waals surface area contributed by atoms with Gasteiger partial charge < -0.3 is 14.1 Å². The Hall–Kier alpha value is -2.80. The zero-order chi connectivity index (χ0) is 21.1. The molecule has 0 spiro atoms. The lowest BCUT2D eigenvalue weighted by atomic mass is 10.00. The van der Waals surface area contributed by atoms with Gasteiger partial charge in [0.05, 0.1) is 17.1 Å². The van der Waals surface area contributed by atoms with E-state index in [4.69, 9.17) is 9.15 Å². The molecule has 0 bridgehead atoms. The maximum Gasteiger partial charge on any atom is 0.338 e. The van der Waals surface area contributed by atoms with E-state index < -0.39 is 0 Å². The van der Waals surface area contributed by atoms with Gasteiger partial charge >= 0.3 is 5.97 Å². The molecule has 4 rings (SSSR count). The molecule has 1 fully saturated rings. The van der Waals surface area contributed by atoms with Crippen LogP contribution < -0.4 is 0 Å². The Morgan fingerprint density at radius 1 is 1.23 bits per heavy atom. The highest BCUT2D eigenvalue weighted by molar-refractivity contribution is 8.18. The van der Waals surface area contributed by atoms with Crippen LogP contribution in [-0.2, 0) is 9.53 Å². The number of piperidine rings is 1. The smallest absolute Gasteiger partial charge is 0.338 e. The zero-order valence-corrected chi connectivity index (χ0v) is 17.9. The van der Waals surface area contributed by atoms with Gasteiger partial charge in [-0.25, -0.2) is 4.79 Å². The van der Waals surface area contributed by atoms with Crippen LogP contribution in [-0.4, -0.2) is 41.6 Å². The van der Waals surface area contributed by atoms with Gasteiger partial charge in [-0.3, -0.25) is 4.79 Å². The van der Waals surface area contributed by atoms with Crippen molar-refractivity contribution >= 4 is 34.9 Å². The van der Waals surface area contributed by atoms with Crippen molar-refractivity contribution in [3.8, 4) is 11.3 Å². The Morgan fingerprint density at radius 2 is 1.97 bits per heavy atom. The number of furan rings is 1. The Morgan fingerprint density at radius 3 is 2.67 bits per heavy atom. The number of likely N-dealkylation sites (tertiary alicyclic amines) is 1. The number of nitrogens with zero attached hydrogens (tertiary/aromatic N) is 2. The van der Waals surface area contributed by atoms with Crippen molar-refractivity contribution in [3.63, 3.8) is 0 Å². The number of carbonyl (C=O) groups is 2. The topological polar surface area (TPSA) is 72.1 Å². The summed E-state index contributed by atoms with van der Waals surface area (Å²) < 4.78 is 10.9. The Balaban J connectivity index is 1.44. The molecule has 2 aliphatic heterocycles. The Kier molecular flexibility index (Phi) is 6.08. The average molecular weight is 425 g/mol. The molecule has 2 aromatic rings. The quantitative estimate of drug-likeness (QED) is 0.517. The van der Waals surface area contributed by atoms with Gasteiger partial charge in [0.25, 0.3) is 5.91 Å². The Bertz CT molecular complexity index is 998. The van der Waals surface area contributed by atoms with Crippen LogP contribution in [0.1, 0.15) is 42.8 Å². The first kappa shape index (κ1) is 20.5. The van der Waals surface area contributed by atoms with Crippen LogP contribution in [0, 0.1) is 5.92 Å². The number of aliphatic imine (C=N–C) groups is 1. The van der Waals surface area contributed by atoms with E-state index in [2.05, 4.69) is 16.8 Å². The van der Waals surface area contributed by atoms with Gasteiger partial charge in [0.1, 0.15) is 11.5 Å². The van der Waals surface area contributed by atoms with Gasteiger partial charge in [-0.1, -0.05) is 19.1 Å². The highest BCUT2D eigenvalue weighted by Crippen LogP contribution is 2.33. The van der Waals surface area contributed by atoms with E-state index in [0.29, 0.717) is 28.6 Å². The van der Waals surface area contributed by atoms with Crippen molar-refractivity contribution in [2.24, 2.45) is 10.9 Å². The molecule has 0 aliphatic carbocycles. The van der Waals surface area contributed by atoms with Crippen molar-refractivity contribution < 1.29 is 18.7 Å². The van der Waals surface area contributed by atoms with Gasteiger partial charge in [0, 0.05) is 24.7 Å². The van der Waals surface area contributed by atoms with Crippen molar-refractivity contribution in [3.05, 3.63) is 52.6 Å². The summed E-state index contributed by atoms with van der Waals surface area (Å²) in [5, 5.41) is 0.791. The van der Waals surface area contributed by atoms with E-state index in [1.807, 2.05) is 24.3 Å². The summed E-state index contributed by atoms with van der Waals surface area (Å²) in [7, 11) is 0. The molecule has 1 aromatic heterocycles. The molecule has 3 heterocycles. The van der Waals surface area contributed by atoms with E-state index in [-0.39, 0.29) is 11.9 Å². The molecule has 0 saturated carbocycles. The average Bonchev–Trinajstić information content (AvgIpc) is 3.36. The van der Waals surface area contributed by atoms with Gasteiger partial charge in [-0.2, -0.15) is 4.99 Å². The van der Waals surface area contributed by atoms with Crippen molar-refractivity contribution in [2.45, 2.75) is 26.7 Å². The maximum atomic E-state index is 12.3. The number of amides is 1. The molecule has 0 N–H and O–H groups in total. The maximum absolute atomic E-state index is 12.3. The van der Waals surface area contributed by atoms with E-state index in [1.165, 1.54) is 11.8 Å². The number of carbonyl (C=O) groups excluding carboxylic acids is 2. The first-order valence-corrected chi connectivity index (χ1v) is 11.0. The van der Waals surface area contributed by atoms with Crippen LogP contribution in [0.4, 0.5) is 0 Å². The van der Waals surface area contributed by atoms with E-state index in [0.717, 1.165) is 42.6 Å². The minimum Gasteiger partial charge on any atom is -0.462 e. The molecule has 0 radical (unpaired) electrons. The fraction of sp³-hybridized carbons (Fsp3) is 0.348. The van der Waals surface area contributed by atoms with Crippen molar-refractivity contribution in [1.82, 2.24) is 4.90 Å². The zero-order valence-electron chi connectivity index (χ0n) is 17.1. The normalized spacial score (nSPS) is 18.7. The second kappa shape index (κ2) is 8.92. The predicted octanol–water partition coefficient (Wildman–Crippen LogP) is 4.83. The summed E-state index contributed by atoms with van der Waals surface area (Å²) in [6.45, 7) is 6.27. The summed E-state index contributed by atoms with van der Waals surface area (Å²) in [6.07, 6.45) is 4.00. The number of hydrogen-bond acceptors (Lipinski definition) is 6. The molecule has 6 nitrogen and oxygen atoms in total. The van der Waals surface area contributed by atoms with Crippen LogP contribution in [0.5, 0.6) is 0 Å². The van der Waals surface area contributed by atoms with Crippen LogP contribution in [0.15, 0.2) is 50.7 Å². The van der Waals surface area contributed by atoms with Crippen LogP contribution in [0.25, 0.3) is 17.4 Å². The van der Waals surface area contributed by atoms with Crippen molar-refractivity contribution in [1.29, 1.82) is 0 Å². The third-order valence-electron chi connectivity index (χ3n) is 5.24. The van der Waals surface area contributed by atoms with Crippen LogP contribution in [0.2, 0.25) is 0 Å². The lowest BCUT2D eigenvalue weighted by Crippen LogP contribution is -2.35. The second-order valence-electron chi connectivity index (χ2n) is 7.48. The molecule has 30 heavy (non-hydrogen) atoms.